The maximum absolute atomic E-state index is 13.5. The van der Waals surface area contributed by atoms with Crippen LogP contribution in [0.4, 0.5) is 4.39 Å². The lowest BCUT2D eigenvalue weighted by molar-refractivity contribution is 0.174. The van der Waals surface area contributed by atoms with Gasteiger partial charge in [-0.15, -0.1) is 0 Å². The molecule has 0 amide bonds. The highest BCUT2D eigenvalue weighted by Gasteiger charge is 2.17. The molecule has 2 aromatic carbocycles. The molecule has 0 unspecified atom stereocenters. The van der Waals surface area contributed by atoms with Crippen LogP contribution in [0.5, 0.6) is 17.4 Å². The first-order chi connectivity index (χ1) is 14.7. The number of fused-ring (bicyclic) bond motifs is 2. The van der Waals surface area contributed by atoms with Gasteiger partial charge in [-0.1, -0.05) is 12.1 Å². The zero-order valence-electron chi connectivity index (χ0n) is 16.1. The Kier molecular flexibility index (Phi) is 4.94. The molecular weight excluding hydrogens is 387 g/mol. The Labute approximate surface area is 172 Å². The fraction of sp³-hybridized carbons (Fsp3) is 0.174. The zero-order valence-corrected chi connectivity index (χ0v) is 16.1. The van der Waals surface area contributed by atoms with E-state index in [9.17, 15) is 4.39 Å². The molecule has 152 valence electrons. The van der Waals surface area contributed by atoms with E-state index in [2.05, 4.69) is 5.32 Å². The van der Waals surface area contributed by atoms with Gasteiger partial charge in [0.15, 0.2) is 11.5 Å². The number of hydrogen-bond acceptors (Lipinski definition) is 6. The molecule has 0 aliphatic carbocycles. The monoisotopic (exact) mass is 406 g/mol. The lowest BCUT2D eigenvalue weighted by Gasteiger charge is -2.13. The van der Waals surface area contributed by atoms with Crippen LogP contribution >= 0.6 is 0 Å². The number of nitrogens with zero attached hydrogens (tertiary/aromatic N) is 1. The van der Waals surface area contributed by atoms with Crippen LogP contribution in [0.15, 0.2) is 65.3 Å². The molecule has 30 heavy (non-hydrogen) atoms. The Morgan fingerprint density at radius 1 is 1.00 bits per heavy atom. The summed E-state index contributed by atoms with van der Waals surface area (Å²) in [7, 11) is 0. The second-order valence-electron chi connectivity index (χ2n) is 6.95. The van der Waals surface area contributed by atoms with Gasteiger partial charge in [0.1, 0.15) is 18.2 Å². The third-order valence-electron chi connectivity index (χ3n) is 4.81. The molecule has 0 fully saturated rings. The van der Waals surface area contributed by atoms with Gasteiger partial charge >= 0.3 is 0 Å². The van der Waals surface area contributed by atoms with Gasteiger partial charge in [-0.3, -0.25) is 0 Å². The van der Waals surface area contributed by atoms with Crippen LogP contribution in [-0.2, 0) is 19.7 Å². The number of pyridine rings is 1. The molecule has 6 nitrogen and oxygen atoms in total. The normalized spacial score (nSPS) is 12.4. The van der Waals surface area contributed by atoms with Crippen molar-refractivity contribution in [2.45, 2.75) is 19.7 Å². The fourth-order valence-corrected chi connectivity index (χ4v) is 3.35. The molecule has 3 heterocycles. The number of aromatic nitrogens is 1. The van der Waals surface area contributed by atoms with Gasteiger partial charge < -0.3 is 23.9 Å². The van der Waals surface area contributed by atoms with Crippen LogP contribution in [0, 0.1) is 5.82 Å². The van der Waals surface area contributed by atoms with Gasteiger partial charge in [0.25, 0.3) is 0 Å². The van der Waals surface area contributed by atoms with Crippen LogP contribution in [0.25, 0.3) is 10.9 Å². The van der Waals surface area contributed by atoms with Crippen molar-refractivity contribution < 1.29 is 23.0 Å². The Morgan fingerprint density at radius 3 is 2.73 bits per heavy atom. The largest absolute Gasteiger partial charge is 0.473 e. The van der Waals surface area contributed by atoms with Crippen molar-refractivity contribution in [2.24, 2.45) is 0 Å². The van der Waals surface area contributed by atoms with Gasteiger partial charge in [-0.25, -0.2) is 9.37 Å². The summed E-state index contributed by atoms with van der Waals surface area (Å²) in [6, 6.07) is 15.9. The number of ether oxygens (including phenoxy) is 3. The van der Waals surface area contributed by atoms with Crippen LogP contribution in [-0.4, -0.2) is 11.8 Å². The number of hydrogen-bond donors (Lipinski definition) is 1. The van der Waals surface area contributed by atoms with Crippen molar-refractivity contribution in [1.82, 2.24) is 10.3 Å². The van der Waals surface area contributed by atoms with Crippen molar-refractivity contribution in [3.8, 4) is 17.4 Å². The Hall–Kier alpha value is -3.58. The van der Waals surface area contributed by atoms with E-state index in [1.54, 1.807) is 12.3 Å². The molecule has 0 saturated carbocycles. The van der Waals surface area contributed by atoms with Crippen LogP contribution < -0.4 is 19.5 Å². The predicted octanol–water partition coefficient (Wildman–Crippen LogP) is 4.56. The first kappa shape index (κ1) is 18.4. The number of furan rings is 1. The summed E-state index contributed by atoms with van der Waals surface area (Å²) in [5.41, 5.74) is 2.35. The van der Waals surface area contributed by atoms with E-state index in [0.717, 1.165) is 27.8 Å². The van der Waals surface area contributed by atoms with Gasteiger partial charge in [-0.2, -0.15) is 0 Å². The second-order valence-corrected chi connectivity index (χ2v) is 6.95. The summed E-state index contributed by atoms with van der Waals surface area (Å²) in [5.74, 6) is 2.39. The van der Waals surface area contributed by atoms with Gasteiger partial charge in [0.05, 0.1) is 18.3 Å². The number of nitrogens with one attached hydrogen (secondary N) is 1. The van der Waals surface area contributed by atoms with Crippen molar-refractivity contribution in [2.75, 3.05) is 6.79 Å². The molecule has 5 rings (SSSR count). The quantitative estimate of drug-likeness (QED) is 0.485. The van der Waals surface area contributed by atoms with E-state index >= 15 is 0 Å². The SMILES string of the molecule is Fc1cccc(COc2nc3cc4c(cc3cc2CNCc2ccco2)OCO4)c1. The smallest absolute Gasteiger partial charge is 0.231 e. The van der Waals surface area contributed by atoms with Crippen molar-refractivity contribution >= 4 is 10.9 Å². The van der Waals surface area contributed by atoms with Crippen molar-refractivity contribution in [1.29, 1.82) is 0 Å². The molecule has 1 aliphatic heterocycles. The first-order valence-corrected chi connectivity index (χ1v) is 9.58. The van der Waals surface area contributed by atoms with E-state index in [1.807, 2.05) is 36.4 Å². The maximum atomic E-state index is 13.5. The molecule has 1 N–H and O–H groups in total. The Bertz CT molecular complexity index is 1180. The third kappa shape index (κ3) is 3.92. The summed E-state index contributed by atoms with van der Waals surface area (Å²) >= 11 is 0. The average Bonchev–Trinajstić information content (AvgIpc) is 3.42. The number of benzene rings is 2. The molecular formula is C23H19FN2O4. The lowest BCUT2D eigenvalue weighted by Crippen LogP contribution is -2.14. The molecule has 1 aliphatic rings. The molecule has 0 bridgehead atoms. The zero-order chi connectivity index (χ0) is 20.3. The highest BCUT2D eigenvalue weighted by atomic mass is 19.1. The summed E-state index contributed by atoms with van der Waals surface area (Å²) in [6.45, 7) is 1.52. The first-order valence-electron chi connectivity index (χ1n) is 9.58. The number of rotatable bonds is 7. The van der Waals surface area contributed by atoms with Crippen LogP contribution in [0.3, 0.4) is 0 Å². The average molecular weight is 406 g/mol. The Balaban J connectivity index is 1.42. The highest BCUT2D eigenvalue weighted by Crippen LogP contribution is 2.37. The van der Waals surface area contributed by atoms with Crippen LogP contribution in [0.1, 0.15) is 16.9 Å². The predicted molar refractivity (Wildman–Crippen MR) is 108 cm³/mol. The molecule has 0 radical (unpaired) electrons. The molecule has 0 saturated heterocycles. The van der Waals surface area contributed by atoms with E-state index in [4.69, 9.17) is 23.6 Å². The summed E-state index contributed by atoms with van der Waals surface area (Å²) < 4.78 is 35.8. The van der Waals surface area contributed by atoms with E-state index in [-0.39, 0.29) is 19.2 Å². The summed E-state index contributed by atoms with van der Waals surface area (Å²) in [6.07, 6.45) is 1.64. The topological polar surface area (TPSA) is 65.8 Å². The number of halogens is 1. The van der Waals surface area contributed by atoms with Gasteiger partial charge in [0, 0.05) is 23.6 Å². The second kappa shape index (κ2) is 8.04. The molecule has 4 aromatic rings. The van der Waals surface area contributed by atoms with Crippen molar-refractivity contribution in [3.05, 3.63) is 83.6 Å². The standard InChI is InChI=1S/C23H19FN2O4/c24-18-4-1-3-15(7-18)13-28-23-17(11-25-12-19-5-2-6-27-19)8-16-9-21-22(30-14-29-21)10-20(16)26-23/h1-10,25H,11-14H2. The molecule has 0 atom stereocenters. The summed E-state index contributed by atoms with van der Waals surface area (Å²) in [4.78, 5) is 4.69. The third-order valence-corrected chi connectivity index (χ3v) is 4.81. The van der Waals surface area contributed by atoms with E-state index in [1.165, 1.54) is 12.1 Å². The van der Waals surface area contributed by atoms with E-state index < -0.39 is 0 Å². The molecule has 7 heteroatoms. The van der Waals surface area contributed by atoms with Crippen molar-refractivity contribution in [3.63, 3.8) is 0 Å². The van der Waals surface area contributed by atoms with Gasteiger partial charge in [0.2, 0.25) is 12.7 Å². The minimum Gasteiger partial charge on any atom is -0.473 e. The minimum absolute atomic E-state index is 0.201. The van der Waals surface area contributed by atoms with Crippen LogP contribution in [0.2, 0.25) is 0 Å². The minimum atomic E-state index is -0.296. The highest BCUT2D eigenvalue weighted by molar-refractivity contribution is 5.84. The summed E-state index contributed by atoms with van der Waals surface area (Å²) in [5, 5.41) is 4.26. The molecule has 0 spiro atoms. The van der Waals surface area contributed by atoms with E-state index in [0.29, 0.717) is 30.5 Å². The maximum Gasteiger partial charge on any atom is 0.231 e. The van der Waals surface area contributed by atoms with Gasteiger partial charge in [-0.05, 0) is 42.0 Å². The molecule has 2 aromatic heterocycles. The fourth-order valence-electron chi connectivity index (χ4n) is 3.35. The lowest BCUT2D eigenvalue weighted by atomic mass is 10.1. The Morgan fingerprint density at radius 2 is 1.90 bits per heavy atom.